The maximum Gasteiger partial charge on any atom is -0.0128 e. The van der Waals surface area contributed by atoms with Gasteiger partial charge in [0.1, 0.15) is 0 Å². The minimum absolute atomic E-state index is 0.899. The summed E-state index contributed by atoms with van der Waals surface area (Å²) in [4.78, 5) is 0. The van der Waals surface area contributed by atoms with Crippen molar-refractivity contribution in [1.82, 2.24) is 0 Å². The van der Waals surface area contributed by atoms with Crippen molar-refractivity contribution in [3.8, 4) is 0 Å². The number of unbranched alkanes of at least 4 members (excludes halogenated alkanes) is 1. The molecule has 0 aliphatic heterocycles. The minimum atomic E-state index is 0.899. The molecule has 0 nitrogen and oxygen atoms in total. The van der Waals surface area contributed by atoms with E-state index in [2.05, 4.69) is 32.0 Å². The molecule has 0 bridgehead atoms. The van der Waals surface area contributed by atoms with Crippen molar-refractivity contribution in [3.05, 3.63) is 34.9 Å². The van der Waals surface area contributed by atoms with Gasteiger partial charge < -0.3 is 0 Å². The molecular formula is C26H44. The molecule has 0 spiro atoms. The Morgan fingerprint density at radius 1 is 0.846 bits per heavy atom. The lowest BCUT2D eigenvalue weighted by Gasteiger charge is -2.45. The first-order valence-electron chi connectivity index (χ1n) is 11.9. The van der Waals surface area contributed by atoms with Gasteiger partial charge in [-0.05, 0) is 86.2 Å². The molecule has 0 saturated heterocycles. The van der Waals surface area contributed by atoms with Gasteiger partial charge in [-0.15, -0.1) is 0 Å². The van der Waals surface area contributed by atoms with E-state index >= 15 is 0 Å². The van der Waals surface area contributed by atoms with Gasteiger partial charge in [0, 0.05) is 0 Å². The van der Waals surface area contributed by atoms with Crippen molar-refractivity contribution in [3.63, 3.8) is 0 Å². The molecule has 2 saturated carbocycles. The van der Waals surface area contributed by atoms with Crippen LogP contribution >= 0.6 is 0 Å². The van der Waals surface area contributed by atoms with Crippen LogP contribution in [0.4, 0.5) is 0 Å². The molecule has 2 fully saturated rings. The summed E-state index contributed by atoms with van der Waals surface area (Å²) in [6, 6.07) is 7.30. The van der Waals surface area contributed by atoms with Gasteiger partial charge in [0.05, 0.1) is 0 Å². The van der Waals surface area contributed by atoms with E-state index in [0.29, 0.717) is 0 Å². The van der Waals surface area contributed by atoms with Crippen molar-refractivity contribution < 1.29 is 0 Å². The topological polar surface area (TPSA) is 0 Å². The fraction of sp³-hybridized carbons (Fsp3) is 0.769. The number of hydrogen-bond acceptors (Lipinski definition) is 0. The van der Waals surface area contributed by atoms with E-state index < -0.39 is 0 Å². The standard InChI is InChI=1S/C22H32.2C2H6/c1-3-4-5-16-7-10-20-18(16)12-13-21-19-9-6-15(2)14-17(19)8-11-22(20)21;2*1-2/h6,9,14,16,18,20-22H,3-5,7-8,10-13H2,1-2H3;2*1-2H3/t16-,18?,20?,21?,22?;;/m0../s1. The van der Waals surface area contributed by atoms with Crippen LogP contribution in [0.15, 0.2) is 18.2 Å². The Morgan fingerprint density at radius 3 is 2.31 bits per heavy atom. The highest BCUT2D eigenvalue weighted by Gasteiger charge is 2.47. The van der Waals surface area contributed by atoms with Gasteiger partial charge in [-0.1, -0.05) is 77.6 Å². The summed E-state index contributed by atoms with van der Waals surface area (Å²) in [7, 11) is 0. The molecule has 3 aliphatic rings. The van der Waals surface area contributed by atoms with E-state index in [4.69, 9.17) is 0 Å². The molecule has 148 valence electrons. The first-order valence-corrected chi connectivity index (χ1v) is 11.9. The van der Waals surface area contributed by atoms with Crippen molar-refractivity contribution in [2.24, 2.45) is 23.7 Å². The molecule has 0 heterocycles. The smallest absolute Gasteiger partial charge is 0.0128 e. The number of hydrogen-bond donors (Lipinski definition) is 0. The summed E-state index contributed by atoms with van der Waals surface area (Å²) < 4.78 is 0. The lowest BCUT2D eigenvalue weighted by atomic mass is 9.60. The van der Waals surface area contributed by atoms with Gasteiger partial charge in [0.2, 0.25) is 0 Å². The second-order valence-corrected chi connectivity index (χ2v) is 8.40. The normalized spacial score (nSPS) is 31.4. The van der Waals surface area contributed by atoms with E-state index in [9.17, 15) is 0 Å². The number of rotatable bonds is 3. The van der Waals surface area contributed by atoms with Crippen LogP contribution < -0.4 is 0 Å². The zero-order chi connectivity index (χ0) is 19.1. The average molecular weight is 357 g/mol. The molecule has 0 aromatic heterocycles. The highest BCUT2D eigenvalue weighted by Crippen LogP contribution is 2.57. The number of fused-ring (bicyclic) bond motifs is 5. The third-order valence-electron chi connectivity index (χ3n) is 7.28. The fourth-order valence-corrected chi connectivity index (χ4v) is 6.31. The quantitative estimate of drug-likeness (QED) is 0.510. The predicted octanol–water partition coefficient (Wildman–Crippen LogP) is 8.32. The Balaban J connectivity index is 0.000000570. The monoisotopic (exact) mass is 356 g/mol. The Morgan fingerprint density at radius 2 is 1.58 bits per heavy atom. The molecule has 4 rings (SSSR count). The first-order chi connectivity index (χ1) is 12.8. The summed E-state index contributed by atoms with van der Waals surface area (Å²) in [5.41, 5.74) is 4.86. The third-order valence-corrected chi connectivity index (χ3v) is 7.28. The molecule has 0 radical (unpaired) electrons. The van der Waals surface area contributed by atoms with Crippen molar-refractivity contribution in [1.29, 1.82) is 0 Å². The van der Waals surface area contributed by atoms with E-state index in [1.807, 2.05) is 27.7 Å². The van der Waals surface area contributed by atoms with Gasteiger partial charge >= 0.3 is 0 Å². The van der Waals surface area contributed by atoms with Crippen LogP contribution in [-0.2, 0) is 6.42 Å². The van der Waals surface area contributed by atoms with Gasteiger partial charge in [-0.3, -0.25) is 0 Å². The Kier molecular flexibility index (Phi) is 8.71. The lowest BCUT2D eigenvalue weighted by molar-refractivity contribution is 0.112. The number of aryl methyl sites for hydroxylation is 2. The second kappa shape index (κ2) is 10.5. The maximum absolute atomic E-state index is 2.48. The molecule has 26 heavy (non-hydrogen) atoms. The van der Waals surface area contributed by atoms with E-state index in [0.717, 1.165) is 29.6 Å². The lowest BCUT2D eigenvalue weighted by Crippen LogP contribution is -2.35. The van der Waals surface area contributed by atoms with Gasteiger partial charge in [-0.2, -0.15) is 0 Å². The molecule has 0 amide bonds. The summed E-state index contributed by atoms with van der Waals surface area (Å²) in [6.07, 6.45) is 13.3. The largest absolute Gasteiger partial charge is 0.0683 e. The predicted molar refractivity (Wildman–Crippen MR) is 117 cm³/mol. The van der Waals surface area contributed by atoms with Crippen molar-refractivity contribution in [2.75, 3.05) is 0 Å². The van der Waals surface area contributed by atoms with Crippen LogP contribution in [0.2, 0.25) is 0 Å². The van der Waals surface area contributed by atoms with Crippen molar-refractivity contribution >= 4 is 0 Å². The third kappa shape index (κ3) is 4.37. The van der Waals surface area contributed by atoms with E-state index in [1.54, 1.807) is 24.0 Å². The van der Waals surface area contributed by atoms with E-state index in [1.165, 1.54) is 50.5 Å². The molecule has 4 unspecified atom stereocenters. The SMILES string of the molecule is CC.CC.CCCC[C@H]1CCC2C3CCc4cc(C)ccc4C3CCC21. The average Bonchev–Trinajstić information content (AvgIpc) is 3.12. The Hall–Kier alpha value is -0.780. The van der Waals surface area contributed by atoms with Crippen LogP contribution in [0.3, 0.4) is 0 Å². The summed E-state index contributed by atoms with van der Waals surface area (Å²) >= 11 is 0. The summed E-state index contributed by atoms with van der Waals surface area (Å²) in [6.45, 7) is 12.6. The van der Waals surface area contributed by atoms with Crippen LogP contribution in [0, 0.1) is 30.6 Å². The molecular weight excluding hydrogens is 312 g/mol. The highest BCUT2D eigenvalue weighted by atomic mass is 14.5. The van der Waals surface area contributed by atoms with Gasteiger partial charge in [0.15, 0.2) is 0 Å². The molecule has 1 aromatic rings. The fourth-order valence-electron chi connectivity index (χ4n) is 6.31. The molecule has 5 atom stereocenters. The van der Waals surface area contributed by atoms with Crippen LogP contribution in [0.5, 0.6) is 0 Å². The summed E-state index contributed by atoms with van der Waals surface area (Å²) in [5.74, 6) is 5.14. The summed E-state index contributed by atoms with van der Waals surface area (Å²) in [5, 5.41) is 0. The zero-order valence-electron chi connectivity index (χ0n) is 18.5. The van der Waals surface area contributed by atoms with Crippen molar-refractivity contribution in [2.45, 2.75) is 105 Å². The minimum Gasteiger partial charge on any atom is -0.0683 e. The van der Waals surface area contributed by atoms with Gasteiger partial charge in [0.25, 0.3) is 0 Å². The number of benzene rings is 1. The van der Waals surface area contributed by atoms with Crippen LogP contribution in [0.1, 0.15) is 109 Å². The molecule has 0 heteroatoms. The zero-order valence-corrected chi connectivity index (χ0v) is 18.5. The highest BCUT2D eigenvalue weighted by molar-refractivity contribution is 5.37. The Bertz CT molecular complexity index is 529. The first kappa shape index (κ1) is 21.5. The van der Waals surface area contributed by atoms with Gasteiger partial charge in [-0.25, -0.2) is 0 Å². The van der Waals surface area contributed by atoms with E-state index in [-0.39, 0.29) is 0 Å². The second-order valence-electron chi connectivity index (χ2n) is 8.40. The molecule has 3 aliphatic carbocycles. The van der Waals surface area contributed by atoms with Crippen LogP contribution in [0.25, 0.3) is 0 Å². The molecule has 0 N–H and O–H groups in total. The maximum atomic E-state index is 2.48. The Labute approximate surface area is 164 Å². The van der Waals surface area contributed by atoms with Crippen LogP contribution in [-0.4, -0.2) is 0 Å². The molecule has 1 aromatic carbocycles.